The Bertz CT molecular complexity index is 1920. The number of phenolic OH excluding ortho intramolecular Hbond substituents is 2. The van der Waals surface area contributed by atoms with Crippen molar-refractivity contribution in [3.8, 4) is 23.0 Å². The highest BCUT2D eigenvalue weighted by Crippen LogP contribution is 2.54. The van der Waals surface area contributed by atoms with Crippen LogP contribution in [-0.4, -0.2) is 95.0 Å². The zero-order valence-electron chi connectivity index (χ0n) is 32.8. The lowest BCUT2D eigenvalue weighted by Crippen LogP contribution is -2.46. The third-order valence-corrected chi connectivity index (χ3v) is 10.5. The number of fused-ring (bicyclic) bond motifs is 14. The number of rotatable bonds is 5. The summed E-state index contributed by atoms with van der Waals surface area (Å²) in [5.41, 5.74) is -0.0466. The van der Waals surface area contributed by atoms with Gasteiger partial charge in [0.15, 0.2) is 12.4 Å². The largest absolute Gasteiger partial charge is 0.507 e. The van der Waals surface area contributed by atoms with Crippen LogP contribution in [0.5, 0.6) is 23.0 Å². The molecule has 3 aliphatic rings. The SMILES string of the molecule is CNC(=O)COc1cc2c(O)c3c(O)c(C)c4c(c13)C(=O)C(C)(O/C=C/C(OC)C(C)C(OC(C)=O)C(C)C(O)C(C)C(O)C(C)/C=C/C=C(/C)C(=O)N2)O4. The number of carbonyl (C=O) groups is 4. The molecule has 300 valence electrons. The monoisotopic (exact) mass is 768 g/mol. The first-order valence-corrected chi connectivity index (χ1v) is 18.0. The number of nitrogens with one attached hydrogen (secondary N) is 2. The van der Waals surface area contributed by atoms with Gasteiger partial charge in [0, 0.05) is 74.3 Å². The second kappa shape index (κ2) is 17.1. The number of ether oxygens (including phenoxy) is 5. The van der Waals surface area contributed by atoms with Crippen molar-refractivity contribution in [1.82, 2.24) is 5.32 Å². The maximum absolute atomic E-state index is 14.3. The third-order valence-electron chi connectivity index (χ3n) is 10.5. The standard InChI is InChI=1S/C40H52N2O13/c1-18-12-11-13-19(2)39(50)42-25-16-27(52-17-28(44)41-9)29-30(35(25)48)34(47)23(6)37-31(29)38(49)40(8,55-37)53-15-14-26(51-10)20(3)36(54-24(7)43)22(5)33(46)21(4)32(18)45/h11-16,18,20-22,26,32-33,36,45-48H,17H2,1-10H3,(H,41,44)(H,42,50)/b12-11+,15-14+,19-13-. The molecule has 9 atom stereocenters. The summed E-state index contributed by atoms with van der Waals surface area (Å²) in [5.74, 6) is -8.23. The number of hydrogen-bond donors (Lipinski definition) is 6. The molecule has 0 fully saturated rings. The van der Waals surface area contributed by atoms with Gasteiger partial charge in [0.25, 0.3) is 17.6 Å². The molecule has 3 heterocycles. The van der Waals surface area contributed by atoms with Crippen LogP contribution in [0.1, 0.15) is 64.4 Å². The number of carbonyl (C=O) groups excluding carboxylic acids is 4. The van der Waals surface area contributed by atoms with E-state index in [-0.39, 0.29) is 44.7 Å². The van der Waals surface area contributed by atoms with Gasteiger partial charge in [-0.1, -0.05) is 45.9 Å². The lowest BCUT2D eigenvalue weighted by atomic mass is 9.78. The number of aliphatic hydroxyl groups excluding tert-OH is 2. The van der Waals surface area contributed by atoms with E-state index in [0.717, 1.165) is 0 Å². The Balaban J connectivity index is 1.93. The molecule has 0 saturated carbocycles. The number of anilines is 1. The second-order valence-electron chi connectivity index (χ2n) is 14.4. The van der Waals surface area contributed by atoms with Crippen LogP contribution in [-0.2, 0) is 28.6 Å². The number of aromatic hydroxyl groups is 2. The van der Waals surface area contributed by atoms with Crippen LogP contribution in [0.15, 0.2) is 42.2 Å². The number of ketones is 1. The number of likely N-dealkylation sites (N-methyl/N-ethyl adjacent to an activating group) is 1. The molecule has 0 saturated heterocycles. The molecule has 5 bridgehead atoms. The van der Waals surface area contributed by atoms with Gasteiger partial charge in [-0.15, -0.1) is 0 Å². The molecule has 2 amide bonds. The van der Waals surface area contributed by atoms with Crippen LogP contribution in [0.4, 0.5) is 5.69 Å². The van der Waals surface area contributed by atoms with E-state index in [9.17, 15) is 39.6 Å². The summed E-state index contributed by atoms with van der Waals surface area (Å²) in [4.78, 5) is 52.2. The van der Waals surface area contributed by atoms with Crippen molar-refractivity contribution < 1.29 is 63.3 Å². The van der Waals surface area contributed by atoms with Crippen molar-refractivity contribution in [3.63, 3.8) is 0 Å². The fourth-order valence-corrected chi connectivity index (χ4v) is 6.96. The minimum Gasteiger partial charge on any atom is -0.507 e. The molecular weight excluding hydrogens is 716 g/mol. The number of Topliss-reactive ketones (excluding diaryl/α,β-unsaturated/α-hetero) is 1. The first-order valence-electron chi connectivity index (χ1n) is 18.0. The molecule has 0 spiro atoms. The minimum atomic E-state index is -2.02. The summed E-state index contributed by atoms with van der Waals surface area (Å²) in [7, 11) is 2.83. The van der Waals surface area contributed by atoms with Gasteiger partial charge in [0.05, 0.1) is 41.2 Å². The topological polar surface area (TPSA) is 219 Å². The minimum absolute atomic E-state index is 0.0668. The lowest BCUT2D eigenvalue weighted by Gasteiger charge is -2.38. The average Bonchev–Trinajstić information content (AvgIpc) is 3.41. The molecule has 3 aliphatic heterocycles. The maximum atomic E-state index is 14.3. The van der Waals surface area contributed by atoms with Crippen molar-refractivity contribution in [2.45, 2.75) is 85.6 Å². The lowest BCUT2D eigenvalue weighted by molar-refractivity contribution is -0.160. The summed E-state index contributed by atoms with van der Waals surface area (Å²) in [6.07, 6.45) is 3.55. The van der Waals surface area contributed by atoms with Gasteiger partial charge in [-0.3, -0.25) is 19.2 Å². The summed E-state index contributed by atoms with van der Waals surface area (Å²) in [5, 5.41) is 50.4. The summed E-state index contributed by atoms with van der Waals surface area (Å²) in [6, 6.07) is 1.23. The molecule has 0 radical (unpaired) electrons. The van der Waals surface area contributed by atoms with Gasteiger partial charge in [0.1, 0.15) is 23.4 Å². The van der Waals surface area contributed by atoms with Crippen LogP contribution in [0.25, 0.3) is 10.8 Å². The molecule has 9 unspecified atom stereocenters. The van der Waals surface area contributed by atoms with Gasteiger partial charge in [-0.25, -0.2) is 0 Å². The maximum Gasteiger partial charge on any atom is 0.312 e. The number of phenols is 2. The van der Waals surface area contributed by atoms with E-state index in [2.05, 4.69) is 10.6 Å². The van der Waals surface area contributed by atoms with E-state index in [4.69, 9.17) is 23.7 Å². The van der Waals surface area contributed by atoms with Gasteiger partial charge in [0.2, 0.25) is 0 Å². The Kier molecular flexibility index (Phi) is 13.3. The Morgan fingerprint density at radius 2 is 1.65 bits per heavy atom. The molecule has 0 aromatic heterocycles. The van der Waals surface area contributed by atoms with Gasteiger partial charge < -0.3 is 54.7 Å². The number of aliphatic hydroxyl groups is 2. The second-order valence-corrected chi connectivity index (χ2v) is 14.4. The fourth-order valence-electron chi connectivity index (χ4n) is 6.96. The van der Waals surface area contributed by atoms with Crippen LogP contribution >= 0.6 is 0 Å². The molecule has 2 aromatic carbocycles. The number of hydrogen-bond acceptors (Lipinski definition) is 13. The highest BCUT2D eigenvalue weighted by atomic mass is 16.7. The van der Waals surface area contributed by atoms with Crippen molar-refractivity contribution in [2.75, 3.05) is 26.1 Å². The number of esters is 1. The van der Waals surface area contributed by atoms with Crippen molar-refractivity contribution >= 4 is 40.0 Å². The predicted octanol–water partition coefficient (Wildman–Crippen LogP) is 4.17. The fraction of sp³-hybridized carbons (Fsp3) is 0.500. The highest BCUT2D eigenvalue weighted by molar-refractivity contribution is 6.21. The zero-order chi connectivity index (χ0) is 41.1. The number of benzene rings is 2. The zero-order valence-corrected chi connectivity index (χ0v) is 32.8. The highest BCUT2D eigenvalue weighted by Gasteiger charge is 2.49. The van der Waals surface area contributed by atoms with Crippen LogP contribution in [0.2, 0.25) is 0 Å². The van der Waals surface area contributed by atoms with Crippen molar-refractivity contribution in [1.29, 1.82) is 0 Å². The third kappa shape index (κ3) is 8.58. The van der Waals surface area contributed by atoms with E-state index < -0.39 is 95.5 Å². The predicted molar refractivity (Wildman–Crippen MR) is 202 cm³/mol. The van der Waals surface area contributed by atoms with Gasteiger partial charge in [-0.2, -0.15) is 0 Å². The first kappa shape index (κ1) is 42.6. The Labute approximate surface area is 319 Å². The van der Waals surface area contributed by atoms with Crippen LogP contribution in [0, 0.1) is 30.6 Å². The van der Waals surface area contributed by atoms with Crippen molar-refractivity contribution in [2.24, 2.45) is 23.7 Å². The summed E-state index contributed by atoms with van der Waals surface area (Å²) >= 11 is 0. The number of amides is 2. The summed E-state index contributed by atoms with van der Waals surface area (Å²) < 4.78 is 29.3. The summed E-state index contributed by atoms with van der Waals surface area (Å²) in [6.45, 7) is 12.0. The number of methoxy groups -OCH3 is 1. The molecule has 15 heteroatoms. The Morgan fingerprint density at radius 3 is 2.27 bits per heavy atom. The molecule has 0 aliphatic carbocycles. The van der Waals surface area contributed by atoms with E-state index in [1.54, 1.807) is 39.8 Å². The van der Waals surface area contributed by atoms with Gasteiger partial charge >= 0.3 is 11.8 Å². The van der Waals surface area contributed by atoms with E-state index >= 15 is 0 Å². The number of allylic oxidation sites excluding steroid dienone is 2. The Morgan fingerprint density at radius 1 is 0.982 bits per heavy atom. The molecule has 15 nitrogen and oxygen atoms in total. The smallest absolute Gasteiger partial charge is 0.312 e. The normalized spacial score (nSPS) is 31.1. The van der Waals surface area contributed by atoms with E-state index in [0.29, 0.717) is 0 Å². The van der Waals surface area contributed by atoms with Crippen LogP contribution < -0.4 is 20.1 Å². The molecule has 5 rings (SSSR count). The Hall–Kier alpha value is -5.12. The first-order chi connectivity index (χ1) is 25.8. The molecular formula is C40H52N2O13. The van der Waals surface area contributed by atoms with Crippen molar-refractivity contribution in [3.05, 3.63) is 53.3 Å². The molecule has 2 aromatic rings. The molecule has 6 N–H and O–H groups in total. The quantitative estimate of drug-likeness (QED) is 0.186. The van der Waals surface area contributed by atoms with Crippen LogP contribution in [0.3, 0.4) is 0 Å². The van der Waals surface area contributed by atoms with Gasteiger partial charge in [-0.05, 0) is 19.9 Å². The van der Waals surface area contributed by atoms with E-state index in [1.165, 1.54) is 66.3 Å². The van der Waals surface area contributed by atoms with E-state index in [1.807, 2.05) is 0 Å². The molecule has 55 heavy (non-hydrogen) atoms. The average molecular weight is 769 g/mol.